The Hall–Kier alpha value is -1.42. The van der Waals surface area contributed by atoms with Crippen LogP contribution in [0.1, 0.15) is 16.2 Å². The van der Waals surface area contributed by atoms with Crippen molar-refractivity contribution in [3.63, 3.8) is 0 Å². The number of aromatic nitrogens is 1. The van der Waals surface area contributed by atoms with Crippen LogP contribution in [0.5, 0.6) is 0 Å². The second-order valence-electron chi connectivity index (χ2n) is 3.02. The van der Waals surface area contributed by atoms with Gasteiger partial charge < -0.3 is 4.42 Å². The lowest BCUT2D eigenvalue weighted by Gasteiger charge is -1.97. The first-order chi connectivity index (χ1) is 7.27. The summed E-state index contributed by atoms with van der Waals surface area (Å²) < 4.78 is 5.76. The van der Waals surface area contributed by atoms with Gasteiger partial charge in [0.25, 0.3) is 0 Å². The van der Waals surface area contributed by atoms with Crippen LogP contribution >= 0.6 is 15.9 Å². The normalized spacial score (nSPS) is 10.2. The third-order valence-electron chi connectivity index (χ3n) is 1.94. The summed E-state index contributed by atoms with van der Waals surface area (Å²) in [6.07, 6.45) is 3.41. The minimum absolute atomic E-state index is 0.0782. The molecule has 0 saturated heterocycles. The molecule has 15 heavy (non-hydrogen) atoms. The maximum absolute atomic E-state index is 11.7. The van der Waals surface area contributed by atoms with E-state index in [0.29, 0.717) is 10.2 Å². The smallest absolute Gasteiger partial charge is 0.205 e. The van der Waals surface area contributed by atoms with E-state index in [1.165, 1.54) is 6.26 Å². The number of ketones is 1. The van der Waals surface area contributed by atoms with Crippen LogP contribution in [0.25, 0.3) is 0 Å². The highest BCUT2D eigenvalue weighted by Crippen LogP contribution is 2.19. The van der Waals surface area contributed by atoms with Gasteiger partial charge in [0.1, 0.15) is 0 Å². The lowest BCUT2D eigenvalue weighted by atomic mass is 10.1. The summed E-state index contributed by atoms with van der Waals surface area (Å²) in [6.45, 7) is 0. The fourth-order valence-electron chi connectivity index (χ4n) is 1.24. The molecule has 0 aliphatic carbocycles. The van der Waals surface area contributed by atoms with Crippen molar-refractivity contribution in [3.05, 3.63) is 52.7 Å². The molecule has 2 aromatic rings. The molecule has 2 heterocycles. The van der Waals surface area contributed by atoms with E-state index in [2.05, 4.69) is 20.9 Å². The van der Waals surface area contributed by atoms with Crippen molar-refractivity contribution >= 4 is 21.7 Å². The quantitative estimate of drug-likeness (QED) is 0.802. The zero-order chi connectivity index (χ0) is 10.7. The summed E-state index contributed by atoms with van der Waals surface area (Å²) in [5.41, 5.74) is 0.741. The predicted molar refractivity (Wildman–Crippen MR) is 58.7 cm³/mol. The molecule has 76 valence electrons. The van der Waals surface area contributed by atoms with Crippen molar-refractivity contribution in [1.82, 2.24) is 4.98 Å². The topological polar surface area (TPSA) is 43.1 Å². The summed E-state index contributed by atoms with van der Waals surface area (Å²) in [4.78, 5) is 15.8. The first kappa shape index (κ1) is 10.1. The zero-order valence-corrected chi connectivity index (χ0v) is 9.40. The average Bonchev–Trinajstić information content (AvgIpc) is 2.66. The van der Waals surface area contributed by atoms with E-state index in [1.807, 2.05) is 18.2 Å². The van der Waals surface area contributed by atoms with E-state index in [1.54, 1.807) is 12.3 Å². The van der Waals surface area contributed by atoms with Crippen LogP contribution in [0, 0.1) is 0 Å². The van der Waals surface area contributed by atoms with Crippen LogP contribution in [0.2, 0.25) is 0 Å². The lowest BCUT2D eigenvalue weighted by molar-refractivity contribution is 0.0964. The second-order valence-corrected chi connectivity index (χ2v) is 3.87. The summed E-state index contributed by atoms with van der Waals surface area (Å²) in [5.74, 6) is 0.270. The van der Waals surface area contributed by atoms with E-state index >= 15 is 0 Å². The maximum Gasteiger partial charge on any atom is 0.205 e. The highest BCUT2D eigenvalue weighted by atomic mass is 79.9. The van der Waals surface area contributed by atoms with Crippen molar-refractivity contribution in [2.24, 2.45) is 0 Å². The van der Waals surface area contributed by atoms with Crippen LogP contribution < -0.4 is 0 Å². The number of rotatable bonds is 3. The first-order valence-corrected chi connectivity index (χ1v) is 5.23. The van der Waals surface area contributed by atoms with Gasteiger partial charge in [-0.05, 0) is 34.1 Å². The molecule has 0 saturated carbocycles. The van der Waals surface area contributed by atoms with Crippen LogP contribution in [0.3, 0.4) is 0 Å². The van der Waals surface area contributed by atoms with Gasteiger partial charge in [-0.3, -0.25) is 9.78 Å². The van der Waals surface area contributed by atoms with E-state index in [-0.39, 0.29) is 12.2 Å². The minimum atomic E-state index is -0.0782. The number of furan rings is 1. The zero-order valence-electron chi connectivity index (χ0n) is 7.81. The number of halogens is 1. The van der Waals surface area contributed by atoms with Crippen molar-refractivity contribution < 1.29 is 9.21 Å². The molecular weight excluding hydrogens is 258 g/mol. The van der Waals surface area contributed by atoms with Gasteiger partial charge in [0.2, 0.25) is 5.78 Å². The molecule has 3 nitrogen and oxygen atoms in total. The maximum atomic E-state index is 11.7. The summed E-state index contributed by atoms with van der Waals surface area (Å²) in [5, 5.41) is 0. The number of hydrogen-bond acceptors (Lipinski definition) is 3. The van der Waals surface area contributed by atoms with Crippen LogP contribution in [0.15, 0.2) is 45.6 Å². The third-order valence-corrected chi connectivity index (χ3v) is 2.56. The van der Waals surface area contributed by atoms with Crippen LogP contribution in [-0.2, 0) is 6.42 Å². The number of hydrogen-bond donors (Lipinski definition) is 0. The Morgan fingerprint density at radius 2 is 2.27 bits per heavy atom. The van der Waals surface area contributed by atoms with E-state index in [0.717, 1.165) is 5.69 Å². The van der Waals surface area contributed by atoms with Crippen molar-refractivity contribution in [3.8, 4) is 0 Å². The molecule has 0 aromatic carbocycles. The SMILES string of the molecule is O=C(Cc1ccccn1)c1occc1Br. The Morgan fingerprint density at radius 1 is 1.40 bits per heavy atom. The molecule has 0 amide bonds. The highest BCUT2D eigenvalue weighted by molar-refractivity contribution is 9.10. The fourth-order valence-corrected chi connectivity index (χ4v) is 1.66. The Labute approximate surface area is 95.3 Å². The van der Waals surface area contributed by atoms with Crippen molar-refractivity contribution in [2.45, 2.75) is 6.42 Å². The highest BCUT2D eigenvalue weighted by Gasteiger charge is 2.14. The standard InChI is InChI=1S/C11H8BrNO2/c12-9-4-6-15-11(9)10(14)7-8-3-1-2-5-13-8/h1-6H,7H2. The van der Waals surface area contributed by atoms with Gasteiger partial charge in [0, 0.05) is 11.9 Å². The number of pyridine rings is 1. The summed E-state index contributed by atoms with van der Waals surface area (Å²) in [6, 6.07) is 7.18. The van der Waals surface area contributed by atoms with Gasteiger partial charge in [-0.1, -0.05) is 6.07 Å². The lowest BCUT2D eigenvalue weighted by Crippen LogP contribution is -2.04. The molecule has 0 aliphatic heterocycles. The summed E-state index contributed by atoms with van der Waals surface area (Å²) >= 11 is 3.25. The number of Topliss-reactive ketones (excluding diaryl/α,β-unsaturated/α-hetero) is 1. The molecule has 0 radical (unpaired) electrons. The molecule has 0 fully saturated rings. The minimum Gasteiger partial charge on any atom is -0.460 e. The van der Waals surface area contributed by atoms with Crippen LogP contribution in [-0.4, -0.2) is 10.8 Å². The van der Waals surface area contributed by atoms with E-state index in [9.17, 15) is 4.79 Å². The summed E-state index contributed by atoms with van der Waals surface area (Å²) in [7, 11) is 0. The molecule has 0 aliphatic rings. The Balaban J connectivity index is 2.15. The first-order valence-electron chi connectivity index (χ1n) is 4.43. The molecule has 0 unspecified atom stereocenters. The average molecular weight is 266 g/mol. The number of carbonyl (C=O) groups excluding carboxylic acids is 1. The van der Waals surface area contributed by atoms with Gasteiger partial charge in [-0.25, -0.2) is 0 Å². The Kier molecular flexibility index (Phi) is 2.97. The second kappa shape index (κ2) is 4.40. The Morgan fingerprint density at radius 3 is 2.87 bits per heavy atom. The van der Waals surface area contributed by atoms with Gasteiger partial charge in [-0.15, -0.1) is 0 Å². The molecule has 2 aromatic heterocycles. The fraction of sp³-hybridized carbons (Fsp3) is 0.0909. The number of carbonyl (C=O) groups is 1. The Bertz CT molecular complexity index is 464. The number of nitrogens with zero attached hydrogens (tertiary/aromatic N) is 1. The van der Waals surface area contributed by atoms with Gasteiger partial charge in [-0.2, -0.15) is 0 Å². The molecular formula is C11H8BrNO2. The molecule has 0 atom stereocenters. The molecule has 2 rings (SSSR count). The predicted octanol–water partition coefficient (Wildman–Crippen LogP) is 2.86. The molecule has 0 bridgehead atoms. The molecule has 0 N–H and O–H groups in total. The van der Waals surface area contributed by atoms with Crippen molar-refractivity contribution in [2.75, 3.05) is 0 Å². The molecule has 0 spiro atoms. The van der Waals surface area contributed by atoms with Gasteiger partial charge in [0.05, 0.1) is 17.2 Å². The van der Waals surface area contributed by atoms with Gasteiger partial charge in [0.15, 0.2) is 5.76 Å². The van der Waals surface area contributed by atoms with E-state index in [4.69, 9.17) is 4.42 Å². The van der Waals surface area contributed by atoms with Crippen molar-refractivity contribution in [1.29, 1.82) is 0 Å². The third kappa shape index (κ3) is 2.33. The van der Waals surface area contributed by atoms with E-state index < -0.39 is 0 Å². The van der Waals surface area contributed by atoms with Crippen LogP contribution in [0.4, 0.5) is 0 Å². The molecule has 4 heteroatoms. The monoisotopic (exact) mass is 265 g/mol. The largest absolute Gasteiger partial charge is 0.460 e. The van der Waals surface area contributed by atoms with Gasteiger partial charge >= 0.3 is 0 Å².